The summed E-state index contributed by atoms with van der Waals surface area (Å²) in [6.45, 7) is 18.4. The van der Waals surface area contributed by atoms with Gasteiger partial charge in [-0.15, -0.1) is 0 Å². The molecule has 0 unspecified atom stereocenters. The number of nitrogens with one attached hydrogen (secondary N) is 4. The van der Waals surface area contributed by atoms with E-state index >= 15 is 0 Å². The molecule has 32 heavy (non-hydrogen) atoms. The van der Waals surface area contributed by atoms with Crippen molar-refractivity contribution in [3.05, 3.63) is 0 Å². The number of ether oxygens (including phenoxy) is 1. The molecule has 0 aromatic carbocycles. The van der Waals surface area contributed by atoms with E-state index in [1.807, 2.05) is 20.8 Å². The van der Waals surface area contributed by atoms with Crippen LogP contribution in [0.1, 0.15) is 81.1 Å². The van der Waals surface area contributed by atoms with Crippen LogP contribution in [0.25, 0.3) is 0 Å². The molecule has 0 saturated carbocycles. The molecule has 8 heteroatoms. The second-order valence-electron chi connectivity index (χ2n) is 10.4. The average molecular weight is 457 g/mol. The Labute approximate surface area is 195 Å². The van der Waals surface area contributed by atoms with Crippen LogP contribution in [-0.4, -0.2) is 55.7 Å². The summed E-state index contributed by atoms with van der Waals surface area (Å²) >= 11 is 0. The Bertz CT molecular complexity index is 559. The number of carbonyl (C=O) groups is 3. The van der Waals surface area contributed by atoms with E-state index in [0.717, 1.165) is 32.4 Å². The predicted octanol–water partition coefficient (Wildman–Crippen LogP) is 3.21. The molecule has 0 aromatic rings. The highest BCUT2D eigenvalue weighted by molar-refractivity contribution is 5.85. The fraction of sp³-hybridized carbons (Fsp3) is 0.875. The van der Waals surface area contributed by atoms with Crippen LogP contribution in [0.2, 0.25) is 0 Å². The van der Waals surface area contributed by atoms with E-state index in [1.54, 1.807) is 20.8 Å². The molecule has 0 aliphatic heterocycles. The Kier molecular flexibility index (Phi) is 15.0. The zero-order chi connectivity index (χ0) is 24.7. The van der Waals surface area contributed by atoms with Gasteiger partial charge in [-0.2, -0.15) is 0 Å². The minimum absolute atomic E-state index is 0.0518. The number of rotatable bonds is 15. The second kappa shape index (κ2) is 15.9. The lowest BCUT2D eigenvalue weighted by molar-refractivity contribution is -0.125. The van der Waals surface area contributed by atoms with Crippen molar-refractivity contribution in [2.75, 3.05) is 26.2 Å². The highest BCUT2D eigenvalue weighted by atomic mass is 16.6. The Morgan fingerprint density at radius 3 is 1.72 bits per heavy atom. The predicted molar refractivity (Wildman–Crippen MR) is 129 cm³/mol. The van der Waals surface area contributed by atoms with Crippen molar-refractivity contribution in [2.24, 2.45) is 17.8 Å². The monoisotopic (exact) mass is 456 g/mol. The van der Waals surface area contributed by atoms with Gasteiger partial charge in [0, 0.05) is 19.0 Å². The molecule has 4 N–H and O–H groups in total. The molecule has 0 rings (SSSR count). The van der Waals surface area contributed by atoms with Gasteiger partial charge >= 0.3 is 6.09 Å². The molecule has 3 amide bonds. The van der Waals surface area contributed by atoms with Gasteiger partial charge in [0.1, 0.15) is 11.6 Å². The van der Waals surface area contributed by atoms with Gasteiger partial charge in [0.2, 0.25) is 11.8 Å². The second-order valence-corrected chi connectivity index (χ2v) is 10.4. The normalized spacial score (nSPS) is 13.6. The summed E-state index contributed by atoms with van der Waals surface area (Å²) in [5, 5.41) is 11.9. The van der Waals surface area contributed by atoms with E-state index in [4.69, 9.17) is 4.74 Å². The molecule has 0 radical (unpaired) electrons. The third kappa shape index (κ3) is 16.8. The molecule has 0 aliphatic rings. The van der Waals surface area contributed by atoms with Crippen LogP contribution >= 0.6 is 0 Å². The van der Waals surface area contributed by atoms with Crippen molar-refractivity contribution in [3.8, 4) is 0 Å². The summed E-state index contributed by atoms with van der Waals surface area (Å²) in [4.78, 5) is 36.5. The fourth-order valence-corrected chi connectivity index (χ4v) is 3.24. The van der Waals surface area contributed by atoms with Gasteiger partial charge in [0.05, 0.1) is 0 Å². The first-order valence-electron chi connectivity index (χ1n) is 12.1. The van der Waals surface area contributed by atoms with Crippen LogP contribution in [0.5, 0.6) is 0 Å². The first-order valence-corrected chi connectivity index (χ1v) is 12.1. The third-order valence-corrected chi connectivity index (χ3v) is 4.65. The summed E-state index contributed by atoms with van der Waals surface area (Å²) in [5.41, 5.74) is -0.607. The van der Waals surface area contributed by atoms with Crippen LogP contribution in [0, 0.1) is 17.8 Å². The van der Waals surface area contributed by atoms with Gasteiger partial charge < -0.3 is 26.0 Å². The van der Waals surface area contributed by atoms with E-state index in [0.29, 0.717) is 25.4 Å². The first-order chi connectivity index (χ1) is 14.8. The average Bonchev–Trinajstić information content (AvgIpc) is 2.63. The van der Waals surface area contributed by atoms with Gasteiger partial charge in [0.15, 0.2) is 0 Å². The molecule has 0 heterocycles. The van der Waals surface area contributed by atoms with Crippen molar-refractivity contribution in [1.82, 2.24) is 21.3 Å². The molecule has 0 aliphatic carbocycles. The maximum Gasteiger partial charge on any atom is 0.408 e. The van der Waals surface area contributed by atoms with Crippen LogP contribution in [0.15, 0.2) is 0 Å². The lowest BCUT2D eigenvalue weighted by Gasteiger charge is -2.24. The largest absolute Gasteiger partial charge is 0.444 e. The van der Waals surface area contributed by atoms with E-state index < -0.39 is 17.7 Å². The van der Waals surface area contributed by atoms with E-state index in [9.17, 15) is 14.4 Å². The number of hydrogen-bond acceptors (Lipinski definition) is 5. The molecule has 8 nitrogen and oxygen atoms in total. The standard InChI is InChI=1S/C24H48N4O4/c1-17(2)15-19(5)21(29)26-13-9-11-25-12-10-14-27-22(30)20(16-18(3)4)28-23(31)32-24(6,7)8/h17-20,25H,9-16H2,1-8H3,(H,26,29)(H,27,30)(H,28,31)/t19-,20-/m1/s1. The van der Waals surface area contributed by atoms with E-state index in [1.165, 1.54) is 0 Å². The molecule has 2 atom stereocenters. The summed E-state index contributed by atoms with van der Waals surface area (Å²) in [6, 6.07) is -0.612. The van der Waals surface area contributed by atoms with E-state index in [-0.39, 0.29) is 23.7 Å². The van der Waals surface area contributed by atoms with Crippen molar-refractivity contribution in [1.29, 1.82) is 0 Å². The van der Waals surface area contributed by atoms with Crippen molar-refractivity contribution >= 4 is 17.9 Å². The molecule has 0 saturated heterocycles. The topological polar surface area (TPSA) is 109 Å². The Morgan fingerprint density at radius 2 is 1.25 bits per heavy atom. The molecule has 0 aromatic heterocycles. The third-order valence-electron chi connectivity index (χ3n) is 4.65. The zero-order valence-corrected chi connectivity index (χ0v) is 21.6. The summed E-state index contributed by atoms with van der Waals surface area (Å²) in [6.07, 6.45) is 2.52. The van der Waals surface area contributed by atoms with Crippen molar-refractivity contribution in [3.63, 3.8) is 0 Å². The number of amides is 3. The van der Waals surface area contributed by atoms with Crippen LogP contribution < -0.4 is 21.3 Å². The van der Waals surface area contributed by atoms with Crippen molar-refractivity contribution in [2.45, 2.75) is 92.7 Å². The molecular weight excluding hydrogens is 408 g/mol. The smallest absolute Gasteiger partial charge is 0.408 e. The number of hydrogen-bond donors (Lipinski definition) is 4. The van der Waals surface area contributed by atoms with Gasteiger partial charge in [0.25, 0.3) is 0 Å². The Balaban J connectivity index is 4.02. The van der Waals surface area contributed by atoms with Gasteiger partial charge in [-0.25, -0.2) is 4.79 Å². The van der Waals surface area contributed by atoms with Crippen LogP contribution in [0.3, 0.4) is 0 Å². The molecule has 188 valence electrons. The zero-order valence-electron chi connectivity index (χ0n) is 21.6. The SMILES string of the molecule is CC(C)C[C@@H](C)C(=O)NCCCNCCCNC(=O)[C@@H](CC(C)C)NC(=O)OC(C)(C)C. The molecule has 0 spiro atoms. The summed E-state index contributed by atoms with van der Waals surface area (Å²) in [5.74, 6) is 0.763. The lowest BCUT2D eigenvalue weighted by atomic mass is 9.98. The highest BCUT2D eigenvalue weighted by Crippen LogP contribution is 2.11. The fourth-order valence-electron chi connectivity index (χ4n) is 3.24. The lowest BCUT2D eigenvalue weighted by Crippen LogP contribution is -2.49. The minimum Gasteiger partial charge on any atom is -0.444 e. The maximum atomic E-state index is 12.5. The Hall–Kier alpha value is -1.83. The summed E-state index contributed by atoms with van der Waals surface area (Å²) < 4.78 is 5.27. The summed E-state index contributed by atoms with van der Waals surface area (Å²) in [7, 11) is 0. The van der Waals surface area contributed by atoms with Crippen LogP contribution in [0.4, 0.5) is 4.79 Å². The van der Waals surface area contributed by atoms with Gasteiger partial charge in [-0.1, -0.05) is 34.6 Å². The van der Waals surface area contributed by atoms with Crippen molar-refractivity contribution < 1.29 is 19.1 Å². The van der Waals surface area contributed by atoms with Gasteiger partial charge in [-0.3, -0.25) is 9.59 Å². The molecule has 0 bridgehead atoms. The minimum atomic E-state index is -0.612. The first kappa shape index (κ1) is 30.2. The number of alkyl carbamates (subject to hydrolysis) is 1. The maximum absolute atomic E-state index is 12.5. The highest BCUT2D eigenvalue weighted by Gasteiger charge is 2.24. The van der Waals surface area contributed by atoms with Gasteiger partial charge in [-0.05, 0) is 71.4 Å². The molecular formula is C24H48N4O4. The molecule has 0 fully saturated rings. The quantitative estimate of drug-likeness (QED) is 0.283. The van der Waals surface area contributed by atoms with E-state index in [2.05, 4.69) is 35.1 Å². The number of carbonyl (C=O) groups excluding carboxylic acids is 3. The van der Waals surface area contributed by atoms with Crippen LogP contribution in [-0.2, 0) is 14.3 Å². The Morgan fingerprint density at radius 1 is 0.750 bits per heavy atom.